The summed E-state index contributed by atoms with van der Waals surface area (Å²) in [6, 6.07) is 11.1. The number of nitrogens with zero attached hydrogens (tertiary/aromatic N) is 2. The normalized spacial score (nSPS) is 18.4. The van der Waals surface area contributed by atoms with Gasteiger partial charge in [-0.15, -0.1) is 0 Å². The summed E-state index contributed by atoms with van der Waals surface area (Å²) in [6.45, 7) is 6.70. The summed E-state index contributed by atoms with van der Waals surface area (Å²) in [5, 5.41) is 1.43. The van der Waals surface area contributed by atoms with E-state index >= 15 is 0 Å². The number of fused-ring (bicyclic) bond motifs is 3. The zero-order chi connectivity index (χ0) is 20.5. The molecule has 6 heteroatoms. The average molecular weight is 409 g/mol. The van der Waals surface area contributed by atoms with Gasteiger partial charge in [-0.1, -0.05) is 18.5 Å². The van der Waals surface area contributed by atoms with Gasteiger partial charge in [-0.25, -0.2) is 9.78 Å². The quantitative estimate of drug-likeness (QED) is 0.363. The highest BCUT2D eigenvalue weighted by atomic mass is 35.5. The number of rotatable bonds is 1. The summed E-state index contributed by atoms with van der Waals surface area (Å²) < 4.78 is 11.5. The lowest BCUT2D eigenvalue weighted by atomic mass is 9.80. The second kappa shape index (κ2) is 6.10. The maximum atomic E-state index is 12.7. The van der Waals surface area contributed by atoms with Crippen molar-refractivity contribution in [3.8, 4) is 11.5 Å². The van der Waals surface area contributed by atoms with Gasteiger partial charge >= 0.3 is 5.63 Å². The fourth-order valence-corrected chi connectivity index (χ4v) is 4.51. The van der Waals surface area contributed by atoms with E-state index in [1.165, 1.54) is 5.56 Å². The second-order valence-corrected chi connectivity index (χ2v) is 8.94. The van der Waals surface area contributed by atoms with Gasteiger partial charge in [0.2, 0.25) is 5.89 Å². The Morgan fingerprint density at radius 2 is 1.93 bits per heavy atom. The van der Waals surface area contributed by atoms with Crippen molar-refractivity contribution in [3.05, 3.63) is 57.4 Å². The van der Waals surface area contributed by atoms with Crippen LogP contribution in [0.4, 0.5) is 5.69 Å². The predicted molar refractivity (Wildman–Crippen MR) is 116 cm³/mol. The summed E-state index contributed by atoms with van der Waals surface area (Å²) in [5.41, 5.74) is 3.98. The number of hydrogen-bond donors (Lipinski definition) is 0. The molecule has 5 rings (SSSR count). The Bertz CT molecular complexity index is 1340. The number of oxazole rings is 1. The van der Waals surface area contributed by atoms with Crippen molar-refractivity contribution < 1.29 is 8.83 Å². The molecular weight excluding hydrogens is 388 g/mol. The third-order valence-corrected chi connectivity index (χ3v) is 6.30. The van der Waals surface area contributed by atoms with E-state index in [1.807, 2.05) is 6.07 Å². The van der Waals surface area contributed by atoms with Crippen LogP contribution in [0.2, 0.25) is 5.02 Å². The van der Waals surface area contributed by atoms with Gasteiger partial charge < -0.3 is 13.7 Å². The van der Waals surface area contributed by atoms with Crippen molar-refractivity contribution in [2.75, 3.05) is 11.9 Å². The zero-order valence-corrected chi connectivity index (χ0v) is 17.5. The van der Waals surface area contributed by atoms with E-state index in [0.29, 0.717) is 33.2 Å². The molecule has 0 aliphatic carbocycles. The molecule has 0 fully saturated rings. The largest absolute Gasteiger partial charge is 0.436 e. The average Bonchev–Trinajstić information content (AvgIpc) is 3.07. The number of anilines is 1. The van der Waals surface area contributed by atoms with Gasteiger partial charge in [0.1, 0.15) is 16.7 Å². The van der Waals surface area contributed by atoms with E-state index in [-0.39, 0.29) is 11.4 Å². The molecule has 29 heavy (non-hydrogen) atoms. The number of hydrogen-bond acceptors (Lipinski definition) is 5. The predicted octanol–water partition coefficient (Wildman–Crippen LogP) is 5.98. The van der Waals surface area contributed by atoms with Crippen LogP contribution in [0.5, 0.6) is 0 Å². The number of aromatic nitrogens is 1. The molecule has 1 unspecified atom stereocenters. The van der Waals surface area contributed by atoms with Crippen molar-refractivity contribution in [2.45, 2.75) is 38.6 Å². The van der Waals surface area contributed by atoms with Crippen LogP contribution in [0.1, 0.15) is 38.7 Å². The molecule has 5 nitrogen and oxygen atoms in total. The zero-order valence-electron chi connectivity index (χ0n) is 16.7. The van der Waals surface area contributed by atoms with Crippen molar-refractivity contribution in [2.24, 2.45) is 0 Å². The maximum Gasteiger partial charge on any atom is 0.349 e. The number of halogens is 1. The highest BCUT2D eigenvalue weighted by Gasteiger charge is 2.34. The first kappa shape index (κ1) is 18.3. The molecule has 148 valence electrons. The SMILES string of the molecule is CC1CC(C)(C)N(C)c2cc3oc(=O)c(-c4nc5cc(Cl)ccc5o4)cc3cc21. The molecule has 0 spiro atoms. The standard InChI is InChI=1S/C23H21ClN2O3/c1-12-11-23(2,3)26(4)18-10-20-13(7-15(12)18)8-16(22(27)29-20)21-25-17-9-14(24)5-6-19(17)28-21/h5-10,12H,11H2,1-4H3. The van der Waals surface area contributed by atoms with E-state index in [0.717, 1.165) is 17.5 Å². The van der Waals surface area contributed by atoms with Crippen LogP contribution < -0.4 is 10.5 Å². The first-order chi connectivity index (χ1) is 13.7. The Labute approximate surface area is 172 Å². The lowest BCUT2D eigenvalue weighted by Crippen LogP contribution is -2.45. The van der Waals surface area contributed by atoms with Crippen molar-refractivity contribution >= 4 is 39.4 Å². The van der Waals surface area contributed by atoms with Gasteiger partial charge in [-0.2, -0.15) is 0 Å². The highest BCUT2D eigenvalue weighted by molar-refractivity contribution is 6.31. The monoisotopic (exact) mass is 408 g/mol. The molecular formula is C23H21ClN2O3. The molecule has 0 amide bonds. The third kappa shape index (κ3) is 2.84. The number of benzene rings is 2. The van der Waals surface area contributed by atoms with E-state index in [2.05, 4.69) is 43.8 Å². The fraction of sp³-hybridized carbons (Fsp3) is 0.304. The van der Waals surface area contributed by atoms with Crippen molar-refractivity contribution in [3.63, 3.8) is 0 Å². The maximum absolute atomic E-state index is 12.7. The van der Waals surface area contributed by atoms with Crippen LogP contribution in [0.3, 0.4) is 0 Å². The van der Waals surface area contributed by atoms with Crippen LogP contribution in [0, 0.1) is 0 Å². The molecule has 1 atom stereocenters. The first-order valence-electron chi connectivity index (χ1n) is 9.65. The Balaban J connectivity index is 1.70. The molecule has 1 aliphatic rings. The van der Waals surface area contributed by atoms with Crippen LogP contribution in [-0.4, -0.2) is 17.6 Å². The summed E-state index contributed by atoms with van der Waals surface area (Å²) in [7, 11) is 2.09. The minimum atomic E-state index is -0.471. The van der Waals surface area contributed by atoms with E-state index in [9.17, 15) is 4.79 Å². The summed E-state index contributed by atoms with van der Waals surface area (Å²) in [6.07, 6.45) is 1.05. The summed E-state index contributed by atoms with van der Waals surface area (Å²) in [4.78, 5) is 19.4. The van der Waals surface area contributed by atoms with Crippen LogP contribution in [0.15, 0.2) is 50.0 Å². The molecule has 3 heterocycles. The lowest BCUT2D eigenvalue weighted by molar-refractivity contribution is 0.395. The first-order valence-corrected chi connectivity index (χ1v) is 10.0. The molecule has 2 aromatic carbocycles. The Morgan fingerprint density at radius 1 is 1.14 bits per heavy atom. The second-order valence-electron chi connectivity index (χ2n) is 8.50. The molecule has 0 radical (unpaired) electrons. The van der Waals surface area contributed by atoms with E-state index < -0.39 is 5.63 Å². The minimum Gasteiger partial charge on any atom is -0.436 e. The van der Waals surface area contributed by atoms with Gasteiger partial charge in [0, 0.05) is 34.7 Å². The van der Waals surface area contributed by atoms with Crippen molar-refractivity contribution in [1.82, 2.24) is 4.98 Å². The Kier molecular flexibility index (Phi) is 3.84. The molecule has 1 aliphatic heterocycles. The fourth-order valence-electron chi connectivity index (χ4n) is 4.35. The van der Waals surface area contributed by atoms with Crippen LogP contribution >= 0.6 is 11.6 Å². The molecule has 0 saturated heterocycles. The minimum absolute atomic E-state index is 0.0415. The Morgan fingerprint density at radius 3 is 2.72 bits per heavy atom. The van der Waals surface area contributed by atoms with E-state index in [1.54, 1.807) is 24.3 Å². The smallest absolute Gasteiger partial charge is 0.349 e. The molecule has 2 aromatic heterocycles. The lowest BCUT2D eigenvalue weighted by Gasteiger charge is -2.45. The molecule has 0 N–H and O–H groups in total. The van der Waals surface area contributed by atoms with Crippen LogP contribution in [0.25, 0.3) is 33.5 Å². The van der Waals surface area contributed by atoms with Gasteiger partial charge in [-0.05, 0) is 62.1 Å². The third-order valence-electron chi connectivity index (χ3n) is 6.07. The van der Waals surface area contributed by atoms with Gasteiger partial charge in [0.15, 0.2) is 5.58 Å². The summed E-state index contributed by atoms with van der Waals surface area (Å²) >= 11 is 6.03. The summed E-state index contributed by atoms with van der Waals surface area (Å²) in [5.74, 6) is 0.643. The van der Waals surface area contributed by atoms with Crippen LogP contribution in [-0.2, 0) is 0 Å². The Hall–Kier alpha value is -2.79. The molecule has 0 bridgehead atoms. The van der Waals surface area contributed by atoms with Gasteiger partial charge in [0.05, 0.1) is 0 Å². The van der Waals surface area contributed by atoms with Gasteiger partial charge in [0.25, 0.3) is 0 Å². The molecule has 4 aromatic rings. The van der Waals surface area contributed by atoms with Crippen molar-refractivity contribution in [1.29, 1.82) is 0 Å². The van der Waals surface area contributed by atoms with E-state index in [4.69, 9.17) is 20.4 Å². The van der Waals surface area contributed by atoms with Gasteiger partial charge in [-0.3, -0.25) is 0 Å². The highest BCUT2D eigenvalue weighted by Crippen LogP contribution is 2.44. The topological polar surface area (TPSA) is 59.5 Å². The molecule has 0 saturated carbocycles.